The van der Waals surface area contributed by atoms with Gasteiger partial charge in [0.25, 0.3) is 5.69 Å². The number of non-ortho nitro benzene ring substituents is 1. The van der Waals surface area contributed by atoms with Crippen LogP contribution in [-0.2, 0) is 9.59 Å². The minimum absolute atomic E-state index is 0.0229. The molecule has 0 spiro atoms. The summed E-state index contributed by atoms with van der Waals surface area (Å²) in [5, 5.41) is 16.1. The molecule has 9 nitrogen and oxygen atoms in total. The van der Waals surface area contributed by atoms with Crippen molar-refractivity contribution < 1.29 is 24.0 Å². The predicted octanol–water partition coefficient (Wildman–Crippen LogP) is 5.54. The van der Waals surface area contributed by atoms with E-state index in [1.54, 1.807) is 24.3 Å². The zero-order valence-electron chi connectivity index (χ0n) is 19.9. The molecule has 0 aromatic heterocycles. The number of amides is 2. The van der Waals surface area contributed by atoms with Crippen LogP contribution in [0.2, 0.25) is 0 Å². The van der Waals surface area contributed by atoms with E-state index in [2.05, 4.69) is 5.32 Å². The second kappa shape index (κ2) is 9.98. The Morgan fingerprint density at radius 3 is 2.43 bits per heavy atom. The second-order valence-electron chi connectivity index (χ2n) is 8.64. The lowest BCUT2D eigenvalue weighted by Gasteiger charge is -2.19. The van der Waals surface area contributed by atoms with E-state index in [-0.39, 0.29) is 36.2 Å². The number of carbonyl (C=O) groups excluding carboxylic acids is 2. The number of nitro groups is 1. The van der Waals surface area contributed by atoms with Gasteiger partial charge in [-0.15, -0.1) is 0 Å². The smallest absolute Gasteiger partial charge is 0.273 e. The van der Waals surface area contributed by atoms with Gasteiger partial charge in [0.05, 0.1) is 29.7 Å². The van der Waals surface area contributed by atoms with Gasteiger partial charge in [-0.3, -0.25) is 19.7 Å². The first-order chi connectivity index (χ1) is 17.9. The number of carbonyl (C=O) groups is 2. The fourth-order valence-corrected chi connectivity index (χ4v) is 4.34. The Morgan fingerprint density at radius 1 is 0.973 bits per heavy atom. The number of nitrogens with one attached hydrogen (secondary N) is 1. The fraction of sp³-hybridized carbons (Fsp3) is 0.143. The van der Waals surface area contributed by atoms with E-state index in [1.807, 2.05) is 42.5 Å². The molecule has 1 atom stereocenters. The van der Waals surface area contributed by atoms with Crippen molar-refractivity contribution in [1.29, 1.82) is 0 Å². The van der Waals surface area contributed by atoms with Crippen LogP contribution in [0, 0.1) is 16.0 Å². The van der Waals surface area contributed by atoms with Gasteiger partial charge in [-0.1, -0.05) is 30.3 Å². The van der Waals surface area contributed by atoms with Gasteiger partial charge in [-0.2, -0.15) is 0 Å². The van der Waals surface area contributed by atoms with E-state index in [1.165, 1.54) is 30.2 Å². The minimum Gasteiger partial charge on any atom is -0.494 e. The van der Waals surface area contributed by atoms with Crippen LogP contribution in [-0.4, -0.2) is 30.4 Å². The Hall–Kier alpha value is -4.92. The number of ether oxygens (including phenoxy) is 2. The van der Waals surface area contributed by atoms with Gasteiger partial charge in [-0.05, 0) is 53.2 Å². The van der Waals surface area contributed by atoms with Crippen molar-refractivity contribution in [3.63, 3.8) is 0 Å². The normalized spacial score (nSPS) is 15.0. The highest BCUT2D eigenvalue weighted by Gasteiger charge is 2.36. The second-order valence-corrected chi connectivity index (χ2v) is 8.64. The maximum Gasteiger partial charge on any atom is 0.273 e. The average Bonchev–Trinajstić information content (AvgIpc) is 3.30. The molecule has 4 aromatic carbocycles. The van der Waals surface area contributed by atoms with Crippen LogP contribution < -0.4 is 19.7 Å². The van der Waals surface area contributed by atoms with E-state index >= 15 is 0 Å². The van der Waals surface area contributed by atoms with E-state index in [0.717, 1.165) is 10.8 Å². The zero-order valence-corrected chi connectivity index (χ0v) is 19.9. The van der Waals surface area contributed by atoms with Crippen LogP contribution >= 0.6 is 0 Å². The molecule has 0 saturated carbocycles. The molecule has 9 heteroatoms. The van der Waals surface area contributed by atoms with E-state index < -0.39 is 10.8 Å². The van der Waals surface area contributed by atoms with E-state index in [4.69, 9.17) is 9.47 Å². The number of nitrogens with zero attached hydrogens (tertiary/aromatic N) is 2. The number of hydrogen-bond acceptors (Lipinski definition) is 6. The Balaban J connectivity index is 1.23. The van der Waals surface area contributed by atoms with Crippen molar-refractivity contribution in [1.82, 2.24) is 0 Å². The molecular formula is C28H23N3O6. The van der Waals surface area contributed by atoms with E-state index in [9.17, 15) is 19.7 Å². The molecule has 5 rings (SSSR count). The molecule has 0 unspecified atom stereocenters. The number of fused-ring (bicyclic) bond motifs is 1. The summed E-state index contributed by atoms with van der Waals surface area (Å²) < 4.78 is 11.2. The maximum atomic E-state index is 12.9. The highest BCUT2D eigenvalue weighted by atomic mass is 16.6. The van der Waals surface area contributed by atoms with Crippen molar-refractivity contribution >= 4 is 39.6 Å². The van der Waals surface area contributed by atoms with Gasteiger partial charge in [-0.25, -0.2) is 0 Å². The SMILES string of the molecule is COc1cc([N+](=O)[O-])ccc1N1C[C@H](C(=O)Nc2ccc(Oc3ccc4ccccc4c3)cc2)CC1=O. The van der Waals surface area contributed by atoms with E-state index in [0.29, 0.717) is 22.9 Å². The Kier molecular flexibility index (Phi) is 6.42. The molecule has 1 fully saturated rings. The average molecular weight is 498 g/mol. The number of benzene rings is 4. The molecule has 0 bridgehead atoms. The molecule has 1 aliphatic rings. The van der Waals surface area contributed by atoms with Crippen molar-refractivity contribution in [2.24, 2.45) is 5.92 Å². The maximum absolute atomic E-state index is 12.9. The van der Waals surface area contributed by atoms with Crippen molar-refractivity contribution in [3.8, 4) is 17.2 Å². The number of nitro benzene ring substituents is 1. The molecule has 186 valence electrons. The Morgan fingerprint density at radius 2 is 1.70 bits per heavy atom. The number of rotatable bonds is 7. The largest absolute Gasteiger partial charge is 0.494 e. The summed E-state index contributed by atoms with van der Waals surface area (Å²) in [7, 11) is 1.38. The minimum atomic E-state index is -0.582. The molecule has 1 N–H and O–H groups in total. The summed E-state index contributed by atoms with van der Waals surface area (Å²) in [4.78, 5) is 37.5. The van der Waals surface area contributed by atoms with Gasteiger partial charge >= 0.3 is 0 Å². The molecule has 0 radical (unpaired) electrons. The van der Waals surface area contributed by atoms with Crippen LogP contribution in [0.4, 0.5) is 17.1 Å². The predicted molar refractivity (Wildman–Crippen MR) is 139 cm³/mol. The van der Waals surface area contributed by atoms with Crippen LogP contribution in [0.15, 0.2) is 84.9 Å². The van der Waals surface area contributed by atoms with Gasteiger partial charge in [0, 0.05) is 24.7 Å². The lowest BCUT2D eigenvalue weighted by molar-refractivity contribution is -0.384. The first kappa shape index (κ1) is 23.8. The molecule has 1 saturated heterocycles. The first-order valence-electron chi connectivity index (χ1n) is 11.6. The molecule has 4 aromatic rings. The Labute approximate surface area is 212 Å². The zero-order chi connectivity index (χ0) is 25.9. The lowest BCUT2D eigenvalue weighted by Crippen LogP contribution is -2.28. The molecule has 2 amide bonds. The number of anilines is 2. The molecule has 1 aliphatic heterocycles. The van der Waals surface area contributed by atoms with Crippen LogP contribution in [0.5, 0.6) is 17.2 Å². The van der Waals surface area contributed by atoms with Gasteiger partial charge in [0.1, 0.15) is 17.2 Å². The van der Waals surface area contributed by atoms with Crippen molar-refractivity contribution in [2.75, 3.05) is 23.9 Å². The van der Waals surface area contributed by atoms with Crippen LogP contribution in [0.1, 0.15) is 6.42 Å². The summed E-state index contributed by atoms with van der Waals surface area (Å²) in [5.74, 6) is 0.403. The number of methoxy groups -OCH3 is 1. The van der Waals surface area contributed by atoms with Crippen molar-refractivity contribution in [3.05, 3.63) is 95.0 Å². The summed E-state index contributed by atoms with van der Waals surface area (Å²) in [6, 6.07) is 24.9. The first-order valence-corrected chi connectivity index (χ1v) is 11.6. The Bertz CT molecular complexity index is 1500. The highest BCUT2D eigenvalue weighted by Crippen LogP contribution is 2.36. The monoisotopic (exact) mass is 497 g/mol. The van der Waals surface area contributed by atoms with Crippen molar-refractivity contribution in [2.45, 2.75) is 6.42 Å². The molecular weight excluding hydrogens is 474 g/mol. The highest BCUT2D eigenvalue weighted by molar-refractivity contribution is 6.04. The standard InChI is InChI=1S/C28H23N3O6/c1-36-26-16-22(31(34)35)9-13-25(26)30-17-20(15-27(30)32)28(33)29-21-7-11-23(12-8-21)37-24-10-6-18-4-2-3-5-19(18)14-24/h2-14,16,20H,15,17H2,1H3,(H,29,33)/t20-/m1/s1. The number of hydrogen-bond donors (Lipinski definition) is 1. The topological polar surface area (TPSA) is 111 Å². The van der Waals surface area contributed by atoms with Gasteiger partial charge in [0.2, 0.25) is 11.8 Å². The molecule has 1 heterocycles. The quantitative estimate of drug-likeness (QED) is 0.265. The van der Waals surface area contributed by atoms with Gasteiger partial charge in [0.15, 0.2) is 0 Å². The lowest BCUT2D eigenvalue weighted by atomic mass is 10.1. The third kappa shape index (κ3) is 5.06. The summed E-state index contributed by atoms with van der Waals surface area (Å²) in [6.45, 7) is 0.141. The third-order valence-electron chi connectivity index (χ3n) is 6.24. The van der Waals surface area contributed by atoms with Crippen LogP contribution in [0.3, 0.4) is 0 Å². The third-order valence-corrected chi connectivity index (χ3v) is 6.24. The summed E-state index contributed by atoms with van der Waals surface area (Å²) >= 11 is 0. The summed E-state index contributed by atoms with van der Waals surface area (Å²) in [5.41, 5.74) is 0.827. The van der Waals surface area contributed by atoms with Gasteiger partial charge < -0.3 is 19.7 Å². The fourth-order valence-electron chi connectivity index (χ4n) is 4.34. The molecule has 37 heavy (non-hydrogen) atoms. The summed E-state index contributed by atoms with van der Waals surface area (Å²) in [6.07, 6.45) is 0.0229. The molecule has 0 aliphatic carbocycles. The van der Waals surface area contributed by atoms with Crippen LogP contribution in [0.25, 0.3) is 10.8 Å².